The van der Waals surface area contributed by atoms with Gasteiger partial charge in [-0.3, -0.25) is 19.2 Å². The number of ether oxygens (including phenoxy) is 3. The fourth-order valence-corrected chi connectivity index (χ4v) is 0.835. The summed E-state index contributed by atoms with van der Waals surface area (Å²) in [5.41, 5.74) is 0. The Labute approximate surface area is 104 Å². The van der Waals surface area contributed by atoms with Crippen molar-refractivity contribution in [2.24, 2.45) is 0 Å². The predicted molar refractivity (Wildman–Crippen MR) is 58.2 cm³/mol. The summed E-state index contributed by atoms with van der Waals surface area (Å²) in [4.78, 5) is 43.0. The number of hydrogen-bond donors (Lipinski definition) is 0. The molecule has 0 aliphatic heterocycles. The Kier molecular flexibility index (Phi) is 8.17. The van der Waals surface area contributed by atoms with Crippen LogP contribution in [-0.2, 0) is 33.4 Å². The molecule has 0 atom stereocenters. The second-order valence-electron chi connectivity index (χ2n) is 3.44. The second-order valence-corrected chi connectivity index (χ2v) is 3.44. The second kappa shape index (κ2) is 9.15. The van der Waals surface area contributed by atoms with Gasteiger partial charge in [-0.05, 0) is 6.92 Å². The fourth-order valence-electron chi connectivity index (χ4n) is 0.835. The molecule has 0 saturated carbocycles. The Hall–Kier alpha value is -1.92. The molecule has 0 aromatic carbocycles. The van der Waals surface area contributed by atoms with E-state index in [-0.39, 0.29) is 31.7 Å². The van der Waals surface area contributed by atoms with Crippen LogP contribution in [0, 0.1) is 0 Å². The molecule has 0 aliphatic carbocycles. The summed E-state index contributed by atoms with van der Waals surface area (Å²) in [5, 5.41) is 0. The lowest BCUT2D eigenvalue weighted by Gasteiger charge is -2.05. The lowest BCUT2D eigenvalue weighted by atomic mass is 10.3. The molecular formula is C11H16O7. The van der Waals surface area contributed by atoms with Gasteiger partial charge in [0, 0.05) is 13.3 Å². The number of Topliss-reactive ketones (excluding diaryl/α,β-unsaturated/α-hetero) is 1. The van der Waals surface area contributed by atoms with E-state index in [0.29, 0.717) is 0 Å². The highest BCUT2D eigenvalue weighted by atomic mass is 16.7. The molecular weight excluding hydrogens is 244 g/mol. The summed E-state index contributed by atoms with van der Waals surface area (Å²) in [7, 11) is 0. The van der Waals surface area contributed by atoms with E-state index in [4.69, 9.17) is 4.74 Å². The summed E-state index contributed by atoms with van der Waals surface area (Å²) in [6.45, 7) is 2.12. The van der Waals surface area contributed by atoms with Crippen molar-refractivity contribution in [3.05, 3.63) is 0 Å². The van der Waals surface area contributed by atoms with Crippen LogP contribution in [0.4, 0.5) is 0 Å². The van der Waals surface area contributed by atoms with Gasteiger partial charge in [-0.1, -0.05) is 0 Å². The standard InChI is InChI=1S/C11H16O7/c1-8(12)5-6-16-10(14)3-4-11(15)18-7-17-9(2)13/h3-7H2,1-2H3. The highest BCUT2D eigenvalue weighted by Crippen LogP contribution is 1.97. The van der Waals surface area contributed by atoms with Gasteiger partial charge >= 0.3 is 17.9 Å². The summed E-state index contributed by atoms with van der Waals surface area (Å²) in [6.07, 6.45) is -0.153. The molecule has 0 rings (SSSR count). The van der Waals surface area contributed by atoms with Gasteiger partial charge in [0.1, 0.15) is 5.78 Å². The van der Waals surface area contributed by atoms with Crippen molar-refractivity contribution in [1.82, 2.24) is 0 Å². The van der Waals surface area contributed by atoms with Crippen molar-refractivity contribution in [3.63, 3.8) is 0 Å². The Morgan fingerprint density at radius 1 is 0.778 bits per heavy atom. The Bertz CT molecular complexity index is 289. The van der Waals surface area contributed by atoms with Crippen molar-refractivity contribution in [1.29, 1.82) is 0 Å². The minimum atomic E-state index is -0.667. The molecule has 0 bridgehead atoms. The molecule has 0 aromatic heterocycles. The number of carbonyl (C=O) groups excluding carboxylic acids is 4. The first-order chi connectivity index (χ1) is 8.41. The van der Waals surface area contributed by atoms with Gasteiger partial charge < -0.3 is 14.2 Å². The van der Waals surface area contributed by atoms with Gasteiger partial charge in [0.15, 0.2) is 0 Å². The van der Waals surface area contributed by atoms with Crippen LogP contribution in [0.5, 0.6) is 0 Å². The molecule has 18 heavy (non-hydrogen) atoms. The van der Waals surface area contributed by atoms with E-state index in [2.05, 4.69) is 9.47 Å². The molecule has 0 fully saturated rings. The van der Waals surface area contributed by atoms with Crippen LogP contribution in [0.1, 0.15) is 33.1 Å². The molecule has 0 aliphatic rings. The Morgan fingerprint density at radius 3 is 1.83 bits per heavy atom. The third-order valence-corrected chi connectivity index (χ3v) is 1.73. The number of rotatable bonds is 8. The molecule has 0 saturated heterocycles. The lowest BCUT2D eigenvalue weighted by Crippen LogP contribution is -2.14. The first-order valence-electron chi connectivity index (χ1n) is 5.36. The van der Waals surface area contributed by atoms with Crippen LogP contribution in [0.15, 0.2) is 0 Å². The summed E-state index contributed by atoms with van der Waals surface area (Å²) in [6, 6.07) is 0. The van der Waals surface area contributed by atoms with Gasteiger partial charge in [-0.25, -0.2) is 0 Å². The molecule has 7 nitrogen and oxygen atoms in total. The summed E-state index contributed by atoms with van der Waals surface area (Å²) >= 11 is 0. The summed E-state index contributed by atoms with van der Waals surface area (Å²) < 4.78 is 13.6. The van der Waals surface area contributed by atoms with E-state index in [1.54, 1.807) is 0 Å². The monoisotopic (exact) mass is 260 g/mol. The Balaban J connectivity index is 3.56. The van der Waals surface area contributed by atoms with Gasteiger partial charge in [-0.2, -0.15) is 0 Å². The van der Waals surface area contributed by atoms with Crippen molar-refractivity contribution in [2.45, 2.75) is 33.1 Å². The molecule has 0 heterocycles. The molecule has 0 radical (unpaired) electrons. The molecule has 0 aromatic rings. The third kappa shape index (κ3) is 10.6. The topological polar surface area (TPSA) is 96.0 Å². The molecule has 0 N–H and O–H groups in total. The van der Waals surface area contributed by atoms with Gasteiger partial charge in [0.25, 0.3) is 0 Å². The van der Waals surface area contributed by atoms with Crippen LogP contribution in [0.25, 0.3) is 0 Å². The van der Waals surface area contributed by atoms with Crippen LogP contribution < -0.4 is 0 Å². The minimum absolute atomic E-state index is 0.0106. The fraction of sp³-hybridized carbons (Fsp3) is 0.636. The number of hydrogen-bond acceptors (Lipinski definition) is 7. The number of ketones is 1. The number of esters is 3. The van der Waals surface area contributed by atoms with E-state index >= 15 is 0 Å². The minimum Gasteiger partial charge on any atom is -0.465 e. The predicted octanol–water partition coefficient (Wildman–Crippen LogP) is 0.353. The zero-order valence-electron chi connectivity index (χ0n) is 10.4. The van der Waals surface area contributed by atoms with Crippen LogP contribution >= 0.6 is 0 Å². The van der Waals surface area contributed by atoms with Crippen molar-refractivity contribution in [2.75, 3.05) is 13.4 Å². The highest BCUT2D eigenvalue weighted by Gasteiger charge is 2.09. The van der Waals surface area contributed by atoms with E-state index < -0.39 is 24.7 Å². The van der Waals surface area contributed by atoms with Crippen molar-refractivity contribution < 1.29 is 33.4 Å². The lowest BCUT2D eigenvalue weighted by molar-refractivity contribution is -0.167. The average molecular weight is 260 g/mol. The van der Waals surface area contributed by atoms with E-state index in [1.807, 2.05) is 0 Å². The Morgan fingerprint density at radius 2 is 1.33 bits per heavy atom. The van der Waals surface area contributed by atoms with Crippen LogP contribution in [-0.4, -0.2) is 37.1 Å². The highest BCUT2D eigenvalue weighted by molar-refractivity contribution is 5.78. The number of carbonyl (C=O) groups is 4. The van der Waals surface area contributed by atoms with Gasteiger partial charge in [-0.15, -0.1) is 0 Å². The SMILES string of the molecule is CC(=O)CCOC(=O)CCC(=O)OCOC(C)=O. The van der Waals surface area contributed by atoms with Crippen LogP contribution in [0.3, 0.4) is 0 Å². The molecule has 7 heteroatoms. The largest absolute Gasteiger partial charge is 0.465 e. The third-order valence-electron chi connectivity index (χ3n) is 1.73. The smallest absolute Gasteiger partial charge is 0.309 e. The molecule has 102 valence electrons. The van der Waals surface area contributed by atoms with Crippen molar-refractivity contribution in [3.8, 4) is 0 Å². The van der Waals surface area contributed by atoms with Gasteiger partial charge in [0.05, 0.1) is 19.4 Å². The maximum atomic E-state index is 11.1. The van der Waals surface area contributed by atoms with E-state index in [1.165, 1.54) is 13.8 Å². The van der Waals surface area contributed by atoms with Crippen molar-refractivity contribution >= 4 is 23.7 Å². The molecule has 0 spiro atoms. The maximum Gasteiger partial charge on any atom is 0.309 e. The first kappa shape index (κ1) is 16.1. The average Bonchev–Trinajstić information content (AvgIpc) is 2.25. The van der Waals surface area contributed by atoms with Gasteiger partial charge in [0.2, 0.25) is 6.79 Å². The quantitative estimate of drug-likeness (QED) is 0.459. The van der Waals surface area contributed by atoms with E-state index in [0.717, 1.165) is 0 Å². The van der Waals surface area contributed by atoms with Crippen LogP contribution in [0.2, 0.25) is 0 Å². The molecule has 0 unspecified atom stereocenters. The first-order valence-corrected chi connectivity index (χ1v) is 5.36. The zero-order chi connectivity index (χ0) is 14.0. The maximum absolute atomic E-state index is 11.1. The van der Waals surface area contributed by atoms with E-state index in [9.17, 15) is 19.2 Å². The molecule has 0 amide bonds. The summed E-state index contributed by atoms with van der Waals surface area (Å²) in [5.74, 6) is -1.89. The normalized spacial score (nSPS) is 9.44. The zero-order valence-corrected chi connectivity index (χ0v) is 10.4.